The summed E-state index contributed by atoms with van der Waals surface area (Å²) < 4.78 is 0. The first-order valence-electron chi connectivity index (χ1n) is 15.6. The Morgan fingerprint density at radius 3 is 1.31 bits per heavy atom. The number of nitrogens with zero attached hydrogens (tertiary/aromatic N) is 1. The van der Waals surface area contributed by atoms with Crippen molar-refractivity contribution in [3.8, 4) is 0 Å². The Morgan fingerprint density at radius 1 is 0.542 bits per heavy atom. The van der Waals surface area contributed by atoms with Crippen LogP contribution in [-0.4, -0.2) is 40.0 Å². The Kier molecular flexibility index (Phi) is 9.61. The van der Waals surface area contributed by atoms with E-state index in [2.05, 4.69) is 15.5 Å². The smallest absolute Gasteiger partial charge is 0.336 e. The highest BCUT2D eigenvalue weighted by atomic mass is 16.4. The molecule has 0 bridgehead atoms. The molecule has 1 atom stereocenters. The van der Waals surface area contributed by atoms with Crippen molar-refractivity contribution in [1.82, 2.24) is 5.32 Å². The van der Waals surface area contributed by atoms with Gasteiger partial charge < -0.3 is 25.7 Å². The third-order valence-corrected chi connectivity index (χ3v) is 8.44. The average Bonchev–Trinajstić information content (AvgIpc) is 3.05. The van der Waals surface area contributed by atoms with Gasteiger partial charge >= 0.3 is 11.9 Å². The van der Waals surface area contributed by atoms with E-state index in [1.807, 2.05) is 95.3 Å². The van der Waals surface area contributed by atoms with Crippen molar-refractivity contribution in [1.29, 1.82) is 0 Å². The number of anilines is 4. The van der Waals surface area contributed by atoms with Crippen LogP contribution in [0.1, 0.15) is 73.3 Å². The number of amides is 2. The molecule has 244 valence electrons. The maximum atomic E-state index is 13.8. The Labute approximate surface area is 278 Å². The van der Waals surface area contributed by atoms with Gasteiger partial charge in [-0.3, -0.25) is 9.59 Å². The fourth-order valence-corrected chi connectivity index (χ4v) is 5.41. The molecular formula is C39H37N3O6. The Balaban J connectivity index is 1.55. The van der Waals surface area contributed by atoms with Gasteiger partial charge in [-0.15, -0.1) is 0 Å². The highest BCUT2D eigenvalue weighted by Gasteiger charge is 2.26. The van der Waals surface area contributed by atoms with Crippen molar-refractivity contribution in [2.75, 3.05) is 10.2 Å². The molecule has 0 aliphatic rings. The number of carbonyl (C=O) groups is 4. The first-order valence-corrected chi connectivity index (χ1v) is 15.6. The van der Waals surface area contributed by atoms with Gasteiger partial charge in [-0.05, 0) is 99.5 Å². The fraction of sp³-hybridized carbons (Fsp3) is 0.179. The summed E-state index contributed by atoms with van der Waals surface area (Å²) in [5.74, 6) is -3.86. The van der Waals surface area contributed by atoms with Gasteiger partial charge in [0.15, 0.2) is 0 Å². The quantitative estimate of drug-likeness (QED) is 0.120. The molecular weight excluding hydrogens is 606 g/mol. The molecule has 48 heavy (non-hydrogen) atoms. The lowest BCUT2D eigenvalue weighted by molar-refractivity contribution is 0.0684. The van der Waals surface area contributed by atoms with Crippen molar-refractivity contribution in [3.05, 3.63) is 130 Å². The number of aromatic carboxylic acids is 2. The lowest BCUT2D eigenvalue weighted by Gasteiger charge is -2.26. The second kappa shape index (κ2) is 13.8. The lowest BCUT2D eigenvalue weighted by Crippen LogP contribution is -2.36. The molecule has 0 saturated carbocycles. The van der Waals surface area contributed by atoms with E-state index in [0.717, 1.165) is 40.3 Å². The highest BCUT2D eigenvalue weighted by Crippen LogP contribution is 2.36. The van der Waals surface area contributed by atoms with Crippen LogP contribution in [0.15, 0.2) is 97.1 Å². The van der Waals surface area contributed by atoms with Crippen LogP contribution in [0.3, 0.4) is 0 Å². The van der Waals surface area contributed by atoms with Gasteiger partial charge in [0.2, 0.25) is 0 Å². The molecule has 0 fully saturated rings. The van der Waals surface area contributed by atoms with Crippen molar-refractivity contribution in [2.24, 2.45) is 5.92 Å². The molecule has 0 aliphatic carbocycles. The Morgan fingerprint density at radius 2 is 0.917 bits per heavy atom. The zero-order valence-corrected chi connectivity index (χ0v) is 27.4. The van der Waals surface area contributed by atoms with E-state index in [1.54, 1.807) is 12.1 Å². The predicted octanol–water partition coefficient (Wildman–Crippen LogP) is 8.35. The van der Waals surface area contributed by atoms with Crippen molar-refractivity contribution < 1.29 is 29.4 Å². The fourth-order valence-electron chi connectivity index (χ4n) is 5.41. The normalized spacial score (nSPS) is 11.6. The summed E-state index contributed by atoms with van der Waals surface area (Å²) in [6.07, 6.45) is 0. The minimum atomic E-state index is -1.37. The Bertz CT molecular complexity index is 1970. The molecule has 0 saturated heterocycles. The molecule has 0 aliphatic heterocycles. The number of carbonyl (C=O) groups excluding carboxylic acids is 2. The van der Waals surface area contributed by atoms with Gasteiger partial charge in [0, 0.05) is 50.7 Å². The number of nitrogens with one attached hydrogen (secondary N) is 2. The highest BCUT2D eigenvalue weighted by molar-refractivity contribution is 6.24. The van der Waals surface area contributed by atoms with Crippen molar-refractivity contribution in [2.45, 2.75) is 40.7 Å². The molecule has 0 radical (unpaired) electrons. The van der Waals surface area contributed by atoms with E-state index in [1.165, 1.54) is 12.1 Å². The van der Waals surface area contributed by atoms with Crippen LogP contribution >= 0.6 is 0 Å². The summed E-state index contributed by atoms with van der Waals surface area (Å²) in [6.45, 7) is 9.73. The van der Waals surface area contributed by atoms with E-state index >= 15 is 0 Å². The van der Waals surface area contributed by atoms with Gasteiger partial charge in [0.25, 0.3) is 11.8 Å². The monoisotopic (exact) mass is 643 g/mol. The number of carboxylic acid groups (broad SMARTS) is 2. The van der Waals surface area contributed by atoms with Crippen LogP contribution in [-0.2, 0) is 0 Å². The van der Waals surface area contributed by atoms with Crippen LogP contribution in [0.4, 0.5) is 22.7 Å². The standard InChI is InChI=1S/C39H37N3O6/c1-22(2)25(5)40-36(43)30-18-19-31(35-33(39(47)48)21-20-32(34(30)35)38(45)46)37(44)41-26-10-16-29(17-11-26)42(27-12-6-23(3)7-13-27)28-14-8-24(4)9-15-28/h6-22,25H,1-5H3,(H,40,43)(H,41,44)(H,45,46)(H,47,48). The van der Waals surface area contributed by atoms with Crippen LogP contribution in [0.5, 0.6) is 0 Å². The zero-order chi connectivity index (χ0) is 34.7. The molecule has 1 unspecified atom stereocenters. The van der Waals surface area contributed by atoms with Gasteiger partial charge in [-0.25, -0.2) is 9.59 Å². The van der Waals surface area contributed by atoms with E-state index in [9.17, 15) is 29.4 Å². The molecule has 5 rings (SSSR count). The van der Waals surface area contributed by atoms with E-state index < -0.39 is 23.8 Å². The zero-order valence-electron chi connectivity index (χ0n) is 27.4. The topological polar surface area (TPSA) is 136 Å². The van der Waals surface area contributed by atoms with E-state index in [-0.39, 0.29) is 45.0 Å². The molecule has 5 aromatic carbocycles. The average molecular weight is 644 g/mol. The van der Waals surface area contributed by atoms with Gasteiger partial charge in [0.1, 0.15) is 0 Å². The molecule has 0 spiro atoms. The van der Waals surface area contributed by atoms with Gasteiger partial charge in [-0.1, -0.05) is 49.2 Å². The number of carboxylic acids is 2. The lowest BCUT2D eigenvalue weighted by atomic mass is 9.90. The van der Waals surface area contributed by atoms with Gasteiger partial charge in [-0.2, -0.15) is 0 Å². The third-order valence-electron chi connectivity index (χ3n) is 8.44. The van der Waals surface area contributed by atoms with Crippen molar-refractivity contribution >= 4 is 57.3 Å². The largest absolute Gasteiger partial charge is 0.478 e. The first-order chi connectivity index (χ1) is 22.8. The van der Waals surface area contributed by atoms with Crippen molar-refractivity contribution in [3.63, 3.8) is 0 Å². The number of aryl methyl sites for hydroxylation is 2. The van der Waals surface area contributed by atoms with Crippen LogP contribution in [0.25, 0.3) is 10.8 Å². The minimum Gasteiger partial charge on any atom is -0.478 e. The summed E-state index contributed by atoms with van der Waals surface area (Å²) in [6, 6.07) is 28.3. The van der Waals surface area contributed by atoms with Crippen LogP contribution < -0.4 is 15.5 Å². The molecule has 9 heteroatoms. The number of hydrogen-bond donors (Lipinski definition) is 4. The maximum absolute atomic E-state index is 13.8. The Hall–Kier alpha value is -5.96. The summed E-state index contributed by atoms with van der Waals surface area (Å²) in [5.41, 5.74) is 4.75. The SMILES string of the molecule is Cc1ccc(N(c2ccc(C)cc2)c2ccc(NC(=O)c3ccc(C(=O)NC(C)C(C)C)c4c(C(=O)O)ccc(C(=O)O)c34)cc2)cc1. The minimum absolute atomic E-state index is 0.0359. The molecule has 2 amide bonds. The molecule has 9 nitrogen and oxygen atoms in total. The maximum Gasteiger partial charge on any atom is 0.336 e. The predicted molar refractivity (Wildman–Crippen MR) is 188 cm³/mol. The molecule has 5 aromatic rings. The number of fused-ring (bicyclic) bond motifs is 1. The van der Waals surface area contributed by atoms with Crippen LogP contribution in [0, 0.1) is 19.8 Å². The number of rotatable bonds is 10. The summed E-state index contributed by atoms with van der Waals surface area (Å²) in [5, 5.41) is 25.5. The summed E-state index contributed by atoms with van der Waals surface area (Å²) in [7, 11) is 0. The summed E-state index contributed by atoms with van der Waals surface area (Å²) >= 11 is 0. The third kappa shape index (κ3) is 6.90. The second-order valence-corrected chi connectivity index (χ2v) is 12.2. The molecule has 0 heterocycles. The number of benzene rings is 5. The second-order valence-electron chi connectivity index (χ2n) is 12.2. The van der Waals surface area contributed by atoms with Gasteiger partial charge in [0.05, 0.1) is 11.1 Å². The van der Waals surface area contributed by atoms with E-state index in [4.69, 9.17) is 0 Å². The van der Waals surface area contributed by atoms with Crippen LogP contribution in [0.2, 0.25) is 0 Å². The molecule has 0 aromatic heterocycles. The van der Waals surface area contributed by atoms with E-state index in [0.29, 0.717) is 5.69 Å². The summed E-state index contributed by atoms with van der Waals surface area (Å²) in [4.78, 5) is 53.9. The first kappa shape index (κ1) is 33.4. The molecule has 4 N–H and O–H groups in total. The number of hydrogen-bond acceptors (Lipinski definition) is 5.